The van der Waals surface area contributed by atoms with E-state index in [0.29, 0.717) is 6.61 Å². The average molecular weight is 229 g/mol. The van der Waals surface area contributed by atoms with Gasteiger partial charge in [-0.05, 0) is 31.5 Å². The molecule has 0 radical (unpaired) electrons. The second kappa shape index (κ2) is 5.92. The van der Waals surface area contributed by atoms with Crippen LogP contribution >= 0.6 is 0 Å². The van der Waals surface area contributed by atoms with E-state index in [9.17, 15) is 8.78 Å². The highest BCUT2D eigenvalue weighted by Gasteiger charge is 2.11. The lowest BCUT2D eigenvalue weighted by Crippen LogP contribution is -2.32. The minimum absolute atomic E-state index is 0.0414. The van der Waals surface area contributed by atoms with Crippen molar-refractivity contribution in [3.05, 3.63) is 35.4 Å². The fraction of sp³-hybridized carbons (Fsp3) is 0.500. The van der Waals surface area contributed by atoms with Crippen LogP contribution in [0.5, 0.6) is 0 Å². The number of nitrogens with one attached hydrogen (secondary N) is 1. The van der Waals surface area contributed by atoms with Gasteiger partial charge in [-0.3, -0.25) is 0 Å². The van der Waals surface area contributed by atoms with Gasteiger partial charge in [0.05, 0.1) is 6.61 Å². The van der Waals surface area contributed by atoms with Crippen LogP contribution in [0.2, 0.25) is 0 Å². The van der Waals surface area contributed by atoms with E-state index in [0.717, 1.165) is 11.6 Å². The molecule has 0 saturated carbocycles. The van der Waals surface area contributed by atoms with Gasteiger partial charge in [-0.15, -0.1) is 0 Å². The maximum absolute atomic E-state index is 13.0. The molecule has 0 heterocycles. The summed E-state index contributed by atoms with van der Waals surface area (Å²) in [5.74, 6) is -1.63. The Morgan fingerprint density at radius 3 is 2.50 bits per heavy atom. The van der Waals surface area contributed by atoms with Crippen molar-refractivity contribution in [2.24, 2.45) is 0 Å². The smallest absolute Gasteiger partial charge is 0.159 e. The summed E-state index contributed by atoms with van der Waals surface area (Å²) in [6.45, 7) is 4.45. The van der Waals surface area contributed by atoms with Gasteiger partial charge in [0, 0.05) is 19.2 Å². The van der Waals surface area contributed by atoms with Crippen molar-refractivity contribution in [2.75, 3.05) is 13.7 Å². The third kappa shape index (κ3) is 3.54. The van der Waals surface area contributed by atoms with Gasteiger partial charge < -0.3 is 10.1 Å². The maximum atomic E-state index is 13.0. The second-order valence-corrected chi connectivity index (χ2v) is 3.92. The van der Waals surface area contributed by atoms with Crippen LogP contribution in [0.15, 0.2) is 18.2 Å². The lowest BCUT2D eigenvalue weighted by atomic mass is 10.1. The minimum Gasteiger partial charge on any atom is -0.383 e. The SMILES string of the molecule is COCC(C)NC(C)c1ccc(F)c(F)c1. The van der Waals surface area contributed by atoms with Gasteiger partial charge in [0.2, 0.25) is 0 Å². The number of ether oxygens (including phenoxy) is 1. The van der Waals surface area contributed by atoms with Crippen molar-refractivity contribution < 1.29 is 13.5 Å². The molecule has 1 aromatic rings. The Hall–Kier alpha value is -1.00. The Bertz CT molecular complexity index is 344. The summed E-state index contributed by atoms with van der Waals surface area (Å²) in [4.78, 5) is 0. The van der Waals surface area contributed by atoms with Gasteiger partial charge in [0.15, 0.2) is 11.6 Å². The van der Waals surface area contributed by atoms with Gasteiger partial charge in [0.1, 0.15) is 0 Å². The predicted molar refractivity (Wildman–Crippen MR) is 59.2 cm³/mol. The topological polar surface area (TPSA) is 21.3 Å². The molecular formula is C12H17F2NO. The molecule has 0 fully saturated rings. The molecule has 0 aromatic heterocycles. The van der Waals surface area contributed by atoms with E-state index in [2.05, 4.69) is 5.32 Å². The highest BCUT2D eigenvalue weighted by atomic mass is 19.2. The van der Waals surface area contributed by atoms with Gasteiger partial charge in [-0.25, -0.2) is 8.78 Å². The van der Waals surface area contributed by atoms with Crippen LogP contribution in [0.3, 0.4) is 0 Å². The van der Waals surface area contributed by atoms with Crippen LogP contribution in [0.1, 0.15) is 25.5 Å². The monoisotopic (exact) mass is 229 g/mol. The highest BCUT2D eigenvalue weighted by Crippen LogP contribution is 2.16. The summed E-state index contributed by atoms with van der Waals surface area (Å²) in [7, 11) is 1.63. The molecule has 0 saturated heterocycles. The van der Waals surface area contributed by atoms with E-state index < -0.39 is 11.6 Å². The molecule has 4 heteroatoms. The van der Waals surface area contributed by atoms with Crippen molar-refractivity contribution in [1.29, 1.82) is 0 Å². The molecule has 0 spiro atoms. The van der Waals surface area contributed by atoms with E-state index in [1.54, 1.807) is 13.2 Å². The lowest BCUT2D eigenvalue weighted by molar-refractivity contribution is 0.167. The third-order valence-electron chi connectivity index (χ3n) is 2.39. The maximum Gasteiger partial charge on any atom is 0.159 e. The molecular weight excluding hydrogens is 212 g/mol. The number of halogens is 2. The first-order chi connectivity index (χ1) is 7.54. The quantitative estimate of drug-likeness (QED) is 0.838. The molecule has 0 bridgehead atoms. The molecule has 1 N–H and O–H groups in total. The van der Waals surface area contributed by atoms with E-state index in [4.69, 9.17) is 4.74 Å². The molecule has 2 unspecified atom stereocenters. The number of hydrogen-bond acceptors (Lipinski definition) is 2. The van der Waals surface area contributed by atoms with Crippen molar-refractivity contribution in [3.8, 4) is 0 Å². The molecule has 2 nitrogen and oxygen atoms in total. The van der Waals surface area contributed by atoms with Crippen molar-refractivity contribution in [1.82, 2.24) is 5.32 Å². The van der Waals surface area contributed by atoms with E-state index in [1.807, 2.05) is 13.8 Å². The summed E-state index contributed by atoms with van der Waals surface area (Å²) in [6, 6.07) is 4.06. The average Bonchev–Trinajstić information content (AvgIpc) is 2.22. The normalized spacial score (nSPS) is 14.8. The molecule has 2 atom stereocenters. The summed E-state index contributed by atoms with van der Waals surface area (Å²) in [5.41, 5.74) is 0.724. The van der Waals surface area contributed by atoms with Crippen LogP contribution in [0.4, 0.5) is 8.78 Å². The molecule has 0 aliphatic carbocycles. The third-order valence-corrected chi connectivity index (χ3v) is 2.39. The largest absolute Gasteiger partial charge is 0.383 e. The number of hydrogen-bond donors (Lipinski definition) is 1. The second-order valence-electron chi connectivity index (χ2n) is 3.92. The van der Waals surface area contributed by atoms with Crippen molar-refractivity contribution in [2.45, 2.75) is 25.9 Å². The summed E-state index contributed by atoms with van der Waals surface area (Å²) >= 11 is 0. The highest BCUT2D eigenvalue weighted by molar-refractivity contribution is 5.20. The minimum atomic E-state index is -0.819. The predicted octanol–water partition coefficient (Wildman–Crippen LogP) is 2.65. The Labute approximate surface area is 94.6 Å². The number of benzene rings is 1. The van der Waals surface area contributed by atoms with Gasteiger partial charge in [-0.2, -0.15) is 0 Å². The summed E-state index contributed by atoms with van der Waals surface area (Å²) in [6.07, 6.45) is 0. The van der Waals surface area contributed by atoms with E-state index >= 15 is 0 Å². The molecule has 0 aliphatic heterocycles. The van der Waals surface area contributed by atoms with Crippen LogP contribution in [-0.2, 0) is 4.74 Å². The fourth-order valence-corrected chi connectivity index (χ4v) is 1.60. The molecule has 1 rings (SSSR count). The first kappa shape index (κ1) is 13.1. The molecule has 1 aromatic carbocycles. The zero-order valence-electron chi connectivity index (χ0n) is 9.76. The van der Waals surface area contributed by atoms with E-state index in [-0.39, 0.29) is 12.1 Å². The summed E-state index contributed by atoms with van der Waals surface area (Å²) < 4.78 is 30.7. The molecule has 0 aliphatic rings. The number of methoxy groups -OCH3 is 1. The fourth-order valence-electron chi connectivity index (χ4n) is 1.60. The van der Waals surface area contributed by atoms with Crippen LogP contribution in [0.25, 0.3) is 0 Å². The first-order valence-corrected chi connectivity index (χ1v) is 5.24. The van der Waals surface area contributed by atoms with Crippen LogP contribution < -0.4 is 5.32 Å². The lowest BCUT2D eigenvalue weighted by Gasteiger charge is -2.19. The Morgan fingerprint density at radius 2 is 1.94 bits per heavy atom. The zero-order valence-corrected chi connectivity index (χ0v) is 9.76. The molecule has 90 valence electrons. The first-order valence-electron chi connectivity index (χ1n) is 5.24. The Kier molecular flexibility index (Phi) is 4.83. The number of rotatable bonds is 5. The Morgan fingerprint density at radius 1 is 1.25 bits per heavy atom. The van der Waals surface area contributed by atoms with Crippen molar-refractivity contribution >= 4 is 0 Å². The van der Waals surface area contributed by atoms with Gasteiger partial charge in [-0.1, -0.05) is 6.07 Å². The van der Waals surface area contributed by atoms with E-state index in [1.165, 1.54) is 6.07 Å². The Balaban J connectivity index is 2.65. The molecule has 0 amide bonds. The van der Waals surface area contributed by atoms with Crippen LogP contribution in [-0.4, -0.2) is 19.8 Å². The van der Waals surface area contributed by atoms with Gasteiger partial charge >= 0.3 is 0 Å². The molecule has 16 heavy (non-hydrogen) atoms. The standard InChI is InChI=1S/C12H17F2NO/c1-8(7-16-3)15-9(2)10-4-5-11(13)12(14)6-10/h4-6,8-9,15H,7H2,1-3H3. The summed E-state index contributed by atoms with van der Waals surface area (Å²) in [5, 5.41) is 3.23. The van der Waals surface area contributed by atoms with Crippen molar-refractivity contribution in [3.63, 3.8) is 0 Å². The van der Waals surface area contributed by atoms with Crippen LogP contribution in [0, 0.1) is 11.6 Å². The zero-order chi connectivity index (χ0) is 12.1. The van der Waals surface area contributed by atoms with Gasteiger partial charge in [0.25, 0.3) is 0 Å².